The fraction of sp³-hybridized carbons (Fsp3) is 1.00. The van der Waals surface area contributed by atoms with E-state index >= 15 is 0 Å². The van der Waals surface area contributed by atoms with E-state index in [2.05, 4.69) is 13.8 Å². The lowest BCUT2D eigenvalue weighted by molar-refractivity contribution is -0.578. The summed E-state index contributed by atoms with van der Waals surface area (Å²) in [6, 6.07) is 0. The van der Waals surface area contributed by atoms with E-state index < -0.39 is 30.3 Å². The molecule has 5 rings (SSSR count). The first-order valence-electron chi connectivity index (χ1n) is 8.89. The van der Waals surface area contributed by atoms with E-state index in [0.29, 0.717) is 11.8 Å². The highest BCUT2D eigenvalue weighted by Gasteiger charge is 2.69. The van der Waals surface area contributed by atoms with Crippen LogP contribution < -0.4 is 0 Å². The molecule has 1 spiro atoms. The number of aliphatic hydroxyl groups excluding tert-OH is 1. The predicted molar refractivity (Wildman–Crippen MR) is 79.6 cm³/mol. The standard InChI is InChI=1S/C17H28O6/c1-9-5-6-13-10(2)14(19-11(3)18)20-15-17(13)12(9)7-8-16(4,21-15)22-23-17/h9-15,18H,5-8H2,1-4H3/t9-,10-,11?,12+,13+,14-,15-,16-,17-/m1/s1. The van der Waals surface area contributed by atoms with Crippen molar-refractivity contribution in [2.24, 2.45) is 23.7 Å². The first kappa shape index (κ1) is 16.2. The van der Waals surface area contributed by atoms with Crippen LogP contribution in [0.1, 0.15) is 53.4 Å². The van der Waals surface area contributed by atoms with E-state index in [4.69, 9.17) is 24.0 Å². The molecule has 0 aromatic carbocycles. The van der Waals surface area contributed by atoms with Crippen molar-refractivity contribution >= 4 is 0 Å². The predicted octanol–water partition coefficient (Wildman–Crippen LogP) is 2.55. The summed E-state index contributed by atoms with van der Waals surface area (Å²) in [4.78, 5) is 11.8. The lowest BCUT2D eigenvalue weighted by Gasteiger charge is -2.60. The van der Waals surface area contributed by atoms with Gasteiger partial charge in [0, 0.05) is 18.3 Å². The fourth-order valence-corrected chi connectivity index (χ4v) is 5.22. The molecule has 1 aliphatic carbocycles. The average molecular weight is 328 g/mol. The van der Waals surface area contributed by atoms with Gasteiger partial charge in [0.2, 0.25) is 5.79 Å². The Labute approximate surface area is 137 Å². The van der Waals surface area contributed by atoms with Crippen LogP contribution in [0, 0.1) is 23.7 Å². The molecule has 4 heterocycles. The molecule has 5 aliphatic rings. The number of hydrogen-bond donors (Lipinski definition) is 1. The van der Waals surface area contributed by atoms with Gasteiger partial charge in [-0.05, 0) is 44.9 Å². The van der Waals surface area contributed by atoms with Gasteiger partial charge in [-0.1, -0.05) is 13.8 Å². The van der Waals surface area contributed by atoms with Crippen LogP contribution in [0.25, 0.3) is 0 Å². The molecule has 1 N–H and O–H groups in total. The Morgan fingerprint density at radius 1 is 1.13 bits per heavy atom. The maximum absolute atomic E-state index is 9.62. The number of fused-ring (bicyclic) bond motifs is 2. The van der Waals surface area contributed by atoms with Crippen molar-refractivity contribution in [2.75, 3.05) is 0 Å². The van der Waals surface area contributed by atoms with Crippen molar-refractivity contribution in [1.29, 1.82) is 0 Å². The lowest BCUT2D eigenvalue weighted by Crippen LogP contribution is -2.70. The highest BCUT2D eigenvalue weighted by molar-refractivity contribution is 5.09. The zero-order valence-electron chi connectivity index (χ0n) is 14.4. The molecule has 5 fully saturated rings. The summed E-state index contributed by atoms with van der Waals surface area (Å²) >= 11 is 0. The molecule has 0 aromatic rings. The van der Waals surface area contributed by atoms with Crippen LogP contribution >= 0.6 is 0 Å². The van der Waals surface area contributed by atoms with Crippen molar-refractivity contribution in [2.45, 2.75) is 83.6 Å². The van der Waals surface area contributed by atoms with E-state index in [0.717, 1.165) is 25.7 Å². The van der Waals surface area contributed by atoms with Crippen molar-refractivity contribution in [3.8, 4) is 0 Å². The SMILES string of the molecule is CC(O)O[C@@H]1O[C@@H]2O[C@@]3(C)CC[C@H]4[C@H](C)CC[C@@H]([C@H]1C)[C@@]24OO3. The summed E-state index contributed by atoms with van der Waals surface area (Å²) in [6.45, 7) is 7.91. The van der Waals surface area contributed by atoms with Gasteiger partial charge in [0.15, 0.2) is 24.5 Å². The van der Waals surface area contributed by atoms with E-state index in [1.54, 1.807) is 6.92 Å². The zero-order chi connectivity index (χ0) is 16.4. The van der Waals surface area contributed by atoms with Crippen LogP contribution in [0.3, 0.4) is 0 Å². The first-order valence-corrected chi connectivity index (χ1v) is 8.89. The molecule has 0 amide bonds. The van der Waals surface area contributed by atoms with Gasteiger partial charge < -0.3 is 19.3 Å². The van der Waals surface area contributed by atoms with Crippen LogP contribution in [-0.2, 0) is 24.0 Å². The molecule has 2 bridgehead atoms. The summed E-state index contributed by atoms with van der Waals surface area (Å²) in [5.74, 6) is 0.462. The molecular formula is C17H28O6. The van der Waals surface area contributed by atoms with Gasteiger partial charge in [0.1, 0.15) is 0 Å². The Morgan fingerprint density at radius 3 is 2.65 bits per heavy atom. The van der Waals surface area contributed by atoms with E-state index in [9.17, 15) is 5.11 Å². The van der Waals surface area contributed by atoms with Crippen molar-refractivity contribution in [3.63, 3.8) is 0 Å². The van der Waals surface area contributed by atoms with Gasteiger partial charge in [-0.25, -0.2) is 9.78 Å². The first-order chi connectivity index (χ1) is 10.9. The molecule has 6 heteroatoms. The van der Waals surface area contributed by atoms with Crippen molar-refractivity contribution < 1.29 is 29.1 Å². The molecule has 1 unspecified atom stereocenters. The van der Waals surface area contributed by atoms with E-state index in [1.165, 1.54) is 0 Å². The molecule has 0 radical (unpaired) electrons. The molecule has 1 saturated carbocycles. The largest absolute Gasteiger partial charge is 0.368 e. The summed E-state index contributed by atoms with van der Waals surface area (Å²) in [7, 11) is 0. The van der Waals surface area contributed by atoms with E-state index in [-0.39, 0.29) is 11.8 Å². The number of aliphatic hydroxyl groups is 1. The minimum atomic E-state index is -0.870. The Bertz CT molecular complexity index is 470. The highest BCUT2D eigenvalue weighted by atomic mass is 17.3. The Hall–Kier alpha value is -0.240. The molecule has 132 valence electrons. The normalized spacial score (nSPS) is 56.7. The third-order valence-corrected chi connectivity index (χ3v) is 6.43. The Morgan fingerprint density at radius 2 is 1.91 bits per heavy atom. The zero-order valence-corrected chi connectivity index (χ0v) is 14.4. The van der Waals surface area contributed by atoms with Gasteiger partial charge in [-0.2, -0.15) is 0 Å². The van der Waals surface area contributed by atoms with Crippen LogP contribution in [0.4, 0.5) is 0 Å². The van der Waals surface area contributed by atoms with Gasteiger partial charge in [-0.15, -0.1) is 0 Å². The number of hydrogen-bond acceptors (Lipinski definition) is 6. The summed E-state index contributed by atoms with van der Waals surface area (Å²) < 4.78 is 18.0. The van der Waals surface area contributed by atoms with Crippen LogP contribution in [0.15, 0.2) is 0 Å². The van der Waals surface area contributed by atoms with Crippen LogP contribution in [0.5, 0.6) is 0 Å². The van der Waals surface area contributed by atoms with Gasteiger partial charge in [0.05, 0.1) is 0 Å². The molecule has 0 aromatic heterocycles. The van der Waals surface area contributed by atoms with Crippen molar-refractivity contribution in [1.82, 2.24) is 0 Å². The third-order valence-electron chi connectivity index (χ3n) is 6.43. The maximum Gasteiger partial charge on any atom is 0.201 e. The maximum atomic E-state index is 9.62. The third kappa shape index (κ3) is 2.30. The molecule has 4 aliphatic heterocycles. The quantitative estimate of drug-likeness (QED) is 0.621. The average Bonchev–Trinajstić information content (AvgIpc) is 2.70. The molecule has 9 atom stereocenters. The summed E-state index contributed by atoms with van der Waals surface area (Å²) in [6.07, 6.45) is 2.13. The van der Waals surface area contributed by atoms with Crippen LogP contribution in [-0.4, -0.2) is 35.4 Å². The smallest absolute Gasteiger partial charge is 0.201 e. The van der Waals surface area contributed by atoms with Gasteiger partial charge >= 0.3 is 0 Å². The Balaban J connectivity index is 1.73. The Kier molecular flexibility index (Phi) is 3.80. The summed E-state index contributed by atoms with van der Waals surface area (Å²) in [5, 5.41) is 9.62. The lowest BCUT2D eigenvalue weighted by atomic mass is 9.58. The molecule has 23 heavy (non-hydrogen) atoms. The molecule has 4 saturated heterocycles. The van der Waals surface area contributed by atoms with Crippen LogP contribution in [0.2, 0.25) is 0 Å². The van der Waals surface area contributed by atoms with Crippen molar-refractivity contribution in [3.05, 3.63) is 0 Å². The number of rotatable bonds is 2. The number of ether oxygens (including phenoxy) is 3. The second-order valence-corrected chi connectivity index (χ2v) is 8.01. The topological polar surface area (TPSA) is 66.4 Å². The molecule has 6 nitrogen and oxygen atoms in total. The second kappa shape index (κ2) is 5.38. The van der Waals surface area contributed by atoms with E-state index in [1.807, 2.05) is 6.92 Å². The highest BCUT2D eigenvalue weighted by Crippen LogP contribution is 2.60. The minimum absolute atomic E-state index is 0.102. The minimum Gasteiger partial charge on any atom is -0.368 e. The summed E-state index contributed by atoms with van der Waals surface area (Å²) in [5.41, 5.74) is -0.564. The van der Waals surface area contributed by atoms with Gasteiger partial charge in [-0.3, -0.25) is 0 Å². The second-order valence-electron chi connectivity index (χ2n) is 8.01. The monoisotopic (exact) mass is 328 g/mol. The molecular weight excluding hydrogens is 300 g/mol. The van der Waals surface area contributed by atoms with Gasteiger partial charge in [0.25, 0.3) is 0 Å². The fourth-order valence-electron chi connectivity index (χ4n) is 5.22.